The van der Waals surface area contributed by atoms with Crippen molar-refractivity contribution < 1.29 is 9.59 Å². The molecule has 0 spiro atoms. The molecule has 0 radical (unpaired) electrons. The Morgan fingerprint density at radius 1 is 1.11 bits per heavy atom. The third-order valence-corrected chi connectivity index (χ3v) is 5.19. The highest BCUT2D eigenvalue weighted by atomic mass is 16.2. The number of rotatable bonds is 6. The van der Waals surface area contributed by atoms with Gasteiger partial charge >= 0.3 is 0 Å². The summed E-state index contributed by atoms with van der Waals surface area (Å²) in [4.78, 5) is 26.8. The second kappa shape index (κ2) is 8.38. The minimum Gasteiger partial charge on any atom is -0.351 e. The first-order chi connectivity index (χ1) is 13.0. The third-order valence-electron chi connectivity index (χ3n) is 5.19. The van der Waals surface area contributed by atoms with Gasteiger partial charge in [-0.2, -0.15) is 0 Å². The molecule has 142 valence electrons. The van der Waals surface area contributed by atoms with Crippen LogP contribution in [0, 0.1) is 5.92 Å². The van der Waals surface area contributed by atoms with Gasteiger partial charge in [0.25, 0.3) is 0 Å². The fourth-order valence-electron chi connectivity index (χ4n) is 3.68. The number of fused-ring (bicyclic) bond motifs is 1. The zero-order chi connectivity index (χ0) is 19.4. The Balaban J connectivity index is 1.66. The van der Waals surface area contributed by atoms with Crippen LogP contribution in [0.25, 0.3) is 0 Å². The maximum absolute atomic E-state index is 12.6. The van der Waals surface area contributed by atoms with E-state index < -0.39 is 0 Å². The summed E-state index contributed by atoms with van der Waals surface area (Å²) in [6.45, 7) is 7.15. The predicted molar refractivity (Wildman–Crippen MR) is 109 cm³/mol. The number of amides is 2. The standard InChI is InChI=1S/C23H28N2O2/c1-4-20(18-8-6-5-7-9-18)22(26)24-15-17-10-11-21-19(14-17)12-13-25(21)23(27)16(2)3/h5-11,14,16,20H,4,12-13,15H2,1-3H3,(H,24,26). The minimum absolute atomic E-state index is 0.00104. The molecule has 0 saturated carbocycles. The van der Waals surface area contributed by atoms with Crippen molar-refractivity contribution in [2.45, 2.75) is 46.1 Å². The summed E-state index contributed by atoms with van der Waals surface area (Å²) in [6, 6.07) is 16.0. The van der Waals surface area contributed by atoms with Crippen molar-refractivity contribution in [3.63, 3.8) is 0 Å². The first-order valence-electron chi connectivity index (χ1n) is 9.77. The molecule has 1 heterocycles. The Kier molecular flexibility index (Phi) is 5.94. The lowest BCUT2D eigenvalue weighted by molar-refractivity contribution is -0.123. The molecule has 4 heteroatoms. The van der Waals surface area contributed by atoms with Gasteiger partial charge in [-0.25, -0.2) is 0 Å². The zero-order valence-electron chi connectivity index (χ0n) is 16.4. The van der Waals surface area contributed by atoms with E-state index in [0.29, 0.717) is 6.54 Å². The maximum atomic E-state index is 12.6. The quantitative estimate of drug-likeness (QED) is 0.841. The number of carbonyl (C=O) groups is 2. The predicted octanol–water partition coefficient (Wildman–Crippen LogP) is 4.04. The Labute approximate surface area is 161 Å². The monoisotopic (exact) mass is 364 g/mol. The molecule has 2 aromatic carbocycles. The summed E-state index contributed by atoms with van der Waals surface area (Å²) in [5.74, 6) is 0.0999. The summed E-state index contributed by atoms with van der Waals surface area (Å²) >= 11 is 0. The van der Waals surface area contributed by atoms with E-state index in [1.807, 2.05) is 68.1 Å². The van der Waals surface area contributed by atoms with E-state index in [1.54, 1.807) is 0 Å². The molecule has 3 rings (SSSR count). The van der Waals surface area contributed by atoms with Crippen LogP contribution >= 0.6 is 0 Å². The van der Waals surface area contributed by atoms with Crippen molar-refractivity contribution in [2.75, 3.05) is 11.4 Å². The second-order valence-corrected chi connectivity index (χ2v) is 7.45. The summed E-state index contributed by atoms with van der Waals surface area (Å²) in [5, 5.41) is 3.07. The normalized spacial score (nSPS) is 14.1. The highest BCUT2D eigenvalue weighted by Gasteiger charge is 2.26. The lowest BCUT2D eigenvalue weighted by Gasteiger charge is -2.20. The van der Waals surface area contributed by atoms with E-state index >= 15 is 0 Å². The van der Waals surface area contributed by atoms with Gasteiger partial charge in [0.05, 0.1) is 5.92 Å². The molecule has 0 bridgehead atoms. The van der Waals surface area contributed by atoms with Gasteiger partial charge < -0.3 is 10.2 Å². The molecule has 1 unspecified atom stereocenters. The molecule has 1 aliphatic rings. The third kappa shape index (κ3) is 4.21. The molecule has 0 aromatic heterocycles. The number of benzene rings is 2. The van der Waals surface area contributed by atoms with Crippen LogP contribution in [0.2, 0.25) is 0 Å². The van der Waals surface area contributed by atoms with Crippen LogP contribution in [0.5, 0.6) is 0 Å². The molecule has 0 fully saturated rings. The number of carbonyl (C=O) groups excluding carboxylic acids is 2. The van der Waals surface area contributed by atoms with Crippen LogP contribution in [0.15, 0.2) is 48.5 Å². The van der Waals surface area contributed by atoms with E-state index in [-0.39, 0.29) is 23.7 Å². The van der Waals surface area contributed by atoms with Gasteiger partial charge in [0.2, 0.25) is 11.8 Å². The molecule has 2 amide bonds. The molecule has 1 aliphatic heterocycles. The molecule has 2 aromatic rings. The molecule has 0 saturated heterocycles. The van der Waals surface area contributed by atoms with Gasteiger partial charge in [-0.15, -0.1) is 0 Å². The van der Waals surface area contributed by atoms with E-state index in [2.05, 4.69) is 11.4 Å². The Bertz CT molecular complexity index is 814. The van der Waals surface area contributed by atoms with Crippen LogP contribution in [0.1, 0.15) is 49.8 Å². The number of nitrogens with zero attached hydrogens (tertiary/aromatic N) is 1. The average Bonchev–Trinajstić information content (AvgIpc) is 3.10. The number of hydrogen-bond donors (Lipinski definition) is 1. The van der Waals surface area contributed by atoms with Crippen LogP contribution < -0.4 is 10.2 Å². The Morgan fingerprint density at radius 2 is 1.85 bits per heavy atom. The first-order valence-corrected chi connectivity index (χ1v) is 9.77. The SMILES string of the molecule is CCC(C(=O)NCc1ccc2c(c1)CCN2C(=O)C(C)C)c1ccccc1. The summed E-state index contributed by atoms with van der Waals surface area (Å²) in [7, 11) is 0. The van der Waals surface area contributed by atoms with E-state index in [9.17, 15) is 9.59 Å². The highest BCUT2D eigenvalue weighted by molar-refractivity contribution is 5.96. The lowest BCUT2D eigenvalue weighted by atomic mass is 9.95. The molecule has 1 atom stereocenters. The molecule has 4 nitrogen and oxygen atoms in total. The van der Waals surface area contributed by atoms with Crippen molar-refractivity contribution in [1.29, 1.82) is 0 Å². The van der Waals surface area contributed by atoms with Crippen molar-refractivity contribution in [2.24, 2.45) is 5.92 Å². The van der Waals surface area contributed by atoms with Crippen molar-refractivity contribution in [3.05, 3.63) is 65.2 Å². The van der Waals surface area contributed by atoms with Crippen LogP contribution in [0.4, 0.5) is 5.69 Å². The molecular formula is C23H28N2O2. The fraction of sp³-hybridized carbons (Fsp3) is 0.391. The molecule has 0 aliphatic carbocycles. The number of anilines is 1. The van der Waals surface area contributed by atoms with Crippen LogP contribution in [-0.2, 0) is 22.6 Å². The van der Waals surface area contributed by atoms with Gasteiger partial charge in [-0.3, -0.25) is 9.59 Å². The highest BCUT2D eigenvalue weighted by Crippen LogP contribution is 2.30. The first kappa shape index (κ1) is 19.2. The van der Waals surface area contributed by atoms with Gasteiger partial charge in [0, 0.05) is 24.7 Å². The molecule has 1 N–H and O–H groups in total. The zero-order valence-corrected chi connectivity index (χ0v) is 16.4. The van der Waals surface area contributed by atoms with Gasteiger partial charge in [0.15, 0.2) is 0 Å². The van der Waals surface area contributed by atoms with Gasteiger partial charge in [-0.1, -0.05) is 63.2 Å². The number of hydrogen-bond acceptors (Lipinski definition) is 2. The summed E-state index contributed by atoms with van der Waals surface area (Å²) in [5.41, 5.74) is 4.32. The van der Waals surface area contributed by atoms with E-state index in [4.69, 9.17) is 0 Å². The van der Waals surface area contributed by atoms with E-state index in [1.165, 1.54) is 5.56 Å². The van der Waals surface area contributed by atoms with Gasteiger partial charge in [-0.05, 0) is 35.6 Å². The average molecular weight is 364 g/mol. The van der Waals surface area contributed by atoms with Crippen LogP contribution in [-0.4, -0.2) is 18.4 Å². The smallest absolute Gasteiger partial charge is 0.229 e. The van der Waals surface area contributed by atoms with Gasteiger partial charge in [0.1, 0.15) is 0 Å². The minimum atomic E-state index is -0.125. The van der Waals surface area contributed by atoms with Crippen molar-refractivity contribution in [3.8, 4) is 0 Å². The fourth-order valence-corrected chi connectivity index (χ4v) is 3.68. The largest absolute Gasteiger partial charge is 0.351 e. The van der Waals surface area contributed by atoms with Crippen molar-refractivity contribution in [1.82, 2.24) is 5.32 Å². The summed E-state index contributed by atoms with van der Waals surface area (Å²) in [6.07, 6.45) is 1.64. The number of nitrogens with one attached hydrogen (secondary N) is 1. The van der Waals surface area contributed by atoms with Crippen molar-refractivity contribution >= 4 is 17.5 Å². The summed E-state index contributed by atoms with van der Waals surface area (Å²) < 4.78 is 0. The second-order valence-electron chi connectivity index (χ2n) is 7.45. The topological polar surface area (TPSA) is 49.4 Å². The molecular weight excluding hydrogens is 336 g/mol. The lowest BCUT2D eigenvalue weighted by Crippen LogP contribution is -2.32. The molecule has 27 heavy (non-hydrogen) atoms. The Morgan fingerprint density at radius 3 is 2.52 bits per heavy atom. The van der Waals surface area contributed by atoms with Crippen LogP contribution in [0.3, 0.4) is 0 Å². The Hall–Kier alpha value is -2.62. The van der Waals surface area contributed by atoms with E-state index in [0.717, 1.165) is 36.2 Å². The maximum Gasteiger partial charge on any atom is 0.229 e.